The smallest absolute Gasteiger partial charge is 0.251 e. The van der Waals surface area contributed by atoms with Gasteiger partial charge in [-0.1, -0.05) is 18.2 Å². The van der Waals surface area contributed by atoms with Crippen molar-refractivity contribution in [3.63, 3.8) is 0 Å². The summed E-state index contributed by atoms with van der Waals surface area (Å²) >= 11 is 0. The minimum atomic E-state index is -0.312. The van der Waals surface area contributed by atoms with Gasteiger partial charge in [0.25, 0.3) is 5.91 Å². The topological polar surface area (TPSA) is 58.2 Å². The summed E-state index contributed by atoms with van der Waals surface area (Å²) in [5, 5.41) is 5.36. The Labute approximate surface area is 122 Å². The SMILES string of the molecule is CC(=O)Nc1cccc(C(=O)NCc2ccc(F)cc2)c1. The maximum absolute atomic E-state index is 12.8. The molecule has 108 valence electrons. The number of hydrogen-bond donors (Lipinski definition) is 2. The van der Waals surface area contributed by atoms with Crippen molar-refractivity contribution < 1.29 is 14.0 Å². The standard InChI is InChI=1S/C16H15FN2O2/c1-11(20)19-15-4-2-3-13(9-15)16(21)18-10-12-5-7-14(17)8-6-12/h2-9H,10H2,1H3,(H,18,21)(H,19,20). The van der Waals surface area contributed by atoms with Crippen LogP contribution in [0, 0.1) is 5.82 Å². The number of carbonyl (C=O) groups excluding carboxylic acids is 2. The van der Waals surface area contributed by atoms with E-state index in [-0.39, 0.29) is 17.6 Å². The Morgan fingerprint density at radius 3 is 2.48 bits per heavy atom. The molecule has 0 bridgehead atoms. The van der Waals surface area contributed by atoms with Crippen molar-refractivity contribution in [2.75, 3.05) is 5.32 Å². The van der Waals surface area contributed by atoms with Gasteiger partial charge in [-0.3, -0.25) is 9.59 Å². The highest BCUT2D eigenvalue weighted by Crippen LogP contribution is 2.11. The molecule has 2 amide bonds. The van der Waals surface area contributed by atoms with E-state index in [0.717, 1.165) is 5.56 Å². The number of anilines is 1. The lowest BCUT2D eigenvalue weighted by atomic mass is 10.1. The Kier molecular flexibility index (Phi) is 4.66. The highest BCUT2D eigenvalue weighted by molar-refractivity contribution is 5.96. The molecule has 0 spiro atoms. The van der Waals surface area contributed by atoms with E-state index in [2.05, 4.69) is 10.6 Å². The number of amides is 2. The summed E-state index contributed by atoms with van der Waals surface area (Å²) in [4.78, 5) is 23.0. The number of carbonyl (C=O) groups is 2. The zero-order chi connectivity index (χ0) is 15.2. The van der Waals surface area contributed by atoms with Gasteiger partial charge >= 0.3 is 0 Å². The van der Waals surface area contributed by atoms with E-state index in [9.17, 15) is 14.0 Å². The van der Waals surface area contributed by atoms with Gasteiger partial charge in [0.2, 0.25) is 5.91 Å². The molecule has 0 saturated carbocycles. The van der Waals surface area contributed by atoms with Gasteiger partial charge in [-0.15, -0.1) is 0 Å². The molecule has 0 aliphatic heterocycles. The minimum absolute atomic E-state index is 0.195. The molecule has 0 radical (unpaired) electrons. The number of halogens is 1. The lowest BCUT2D eigenvalue weighted by Crippen LogP contribution is -2.23. The van der Waals surface area contributed by atoms with Crippen LogP contribution in [-0.4, -0.2) is 11.8 Å². The maximum Gasteiger partial charge on any atom is 0.251 e. The van der Waals surface area contributed by atoms with Crippen LogP contribution in [0.5, 0.6) is 0 Å². The molecule has 0 saturated heterocycles. The number of hydrogen-bond acceptors (Lipinski definition) is 2. The summed E-state index contributed by atoms with van der Waals surface area (Å²) in [6.07, 6.45) is 0. The lowest BCUT2D eigenvalue weighted by Gasteiger charge is -2.07. The van der Waals surface area contributed by atoms with Crippen molar-refractivity contribution in [1.29, 1.82) is 0 Å². The summed E-state index contributed by atoms with van der Waals surface area (Å²) in [5.41, 5.74) is 1.82. The molecule has 2 aromatic carbocycles. The van der Waals surface area contributed by atoms with Gasteiger partial charge in [0.1, 0.15) is 5.82 Å². The zero-order valence-corrected chi connectivity index (χ0v) is 11.5. The van der Waals surface area contributed by atoms with Crippen molar-refractivity contribution in [2.24, 2.45) is 0 Å². The predicted molar refractivity (Wildman–Crippen MR) is 78.3 cm³/mol. The van der Waals surface area contributed by atoms with E-state index in [1.54, 1.807) is 36.4 Å². The second-order valence-corrected chi connectivity index (χ2v) is 4.57. The Hall–Kier alpha value is -2.69. The van der Waals surface area contributed by atoms with Crippen molar-refractivity contribution in [2.45, 2.75) is 13.5 Å². The second kappa shape index (κ2) is 6.65. The molecular weight excluding hydrogens is 271 g/mol. The quantitative estimate of drug-likeness (QED) is 0.908. The van der Waals surface area contributed by atoms with Crippen LogP contribution in [0.25, 0.3) is 0 Å². The third-order valence-corrected chi connectivity index (χ3v) is 2.81. The first-order valence-corrected chi connectivity index (χ1v) is 6.45. The molecule has 21 heavy (non-hydrogen) atoms. The van der Waals surface area contributed by atoms with Crippen molar-refractivity contribution in [3.05, 3.63) is 65.5 Å². The molecule has 5 heteroatoms. The Balaban J connectivity index is 1.99. The highest BCUT2D eigenvalue weighted by Gasteiger charge is 2.06. The van der Waals surface area contributed by atoms with Crippen LogP contribution in [-0.2, 0) is 11.3 Å². The molecule has 0 aromatic heterocycles. The van der Waals surface area contributed by atoms with E-state index >= 15 is 0 Å². The first-order valence-electron chi connectivity index (χ1n) is 6.45. The second-order valence-electron chi connectivity index (χ2n) is 4.57. The highest BCUT2D eigenvalue weighted by atomic mass is 19.1. The molecular formula is C16H15FN2O2. The molecule has 2 rings (SSSR count). The summed E-state index contributed by atoms with van der Waals surface area (Å²) in [6, 6.07) is 12.6. The van der Waals surface area contributed by atoms with E-state index in [4.69, 9.17) is 0 Å². The van der Waals surface area contributed by atoms with Crippen molar-refractivity contribution in [3.8, 4) is 0 Å². The van der Waals surface area contributed by atoms with Crippen LogP contribution < -0.4 is 10.6 Å². The largest absolute Gasteiger partial charge is 0.348 e. The Morgan fingerprint density at radius 1 is 1.10 bits per heavy atom. The van der Waals surface area contributed by atoms with Crippen LogP contribution in [0.15, 0.2) is 48.5 Å². The van der Waals surface area contributed by atoms with Gasteiger partial charge in [0.05, 0.1) is 0 Å². The van der Waals surface area contributed by atoms with Crippen molar-refractivity contribution >= 4 is 17.5 Å². The van der Waals surface area contributed by atoms with Gasteiger partial charge in [-0.05, 0) is 35.9 Å². The fourth-order valence-electron chi connectivity index (χ4n) is 1.83. The van der Waals surface area contributed by atoms with Crippen LogP contribution in [0.1, 0.15) is 22.8 Å². The van der Waals surface area contributed by atoms with Crippen molar-refractivity contribution in [1.82, 2.24) is 5.32 Å². The summed E-state index contributed by atoms with van der Waals surface area (Å²) in [6.45, 7) is 1.71. The Morgan fingerprint density at radius 2 is 1.81 bits per heavy atom. The van der Waals surface area contributed by atoms with Gasteiger partial charge < -0.3 is 10.6 Å². The average molecular weight is 286 g/mol. The Bertz CT molecular complexity index is 654. The van der Waals surface area contributed by atoms with Gasteiger partial charge in [0, 0.05) is 24.7 Å². The van der Waals surface area contributed by atoms with Crippen LogP contribution in [0.2, 0.25) is 0 Å². The fourth-order valence-corrected chi connectivity index (χ4v) is 1.83. The van der Waals surface area contributed by atoms with E-state index in [0.29, 0.717) is 17.8 Å². The monoisotopic (exact) mass is 286 g/mol. The first kappa shape index (κ1) is 14.7. The third-order valence-electron chi connectivity index (χ3n) is 2.81. The van der Waals surface area contributed by atoms with Gasteiger partial charge in [0.15, 0.2) is 0 Å². The molecule has 2 N–H and O–H groups in total. The first-order chi connectivity index (χ1) is 10.0. The van der Waals surface area contributed by atoms with Gasteiger partial charge in [-0.25, -0.2) is 4.39 Å². The summed E-state index contributed by atoms with van der Waals surface area (Å²) in [5.74, 6) is -0.765. The summed E-state index contributed by atoms with van der Waals surface area (Å²) in [7, 11) is 0. The molecule has 0 aliphatic rings. The van der Waals surface area contributed by atoms with Crippen LogP contribution in [0.3, 0.4) is 0 Å². The average Bonchev–Trinajstić information content (AvgIpc) is 2.46. The predicted octanol–water partition coefficient (Wildman–Crippen LogP) is 2.71. The molecule has 0 atom stereocenters. The van der Waals surface area contributed by atoms with Crippen LogP contribution >= 0.6 is 0 Å². The van der Waals surface area contributed by atoms with E-state index in [1.807, 2.05) is 0 Å². The van der Waals surface area contributed by atoms with Gasteiger partial charge in [-0.2, -0.15) is 0 Å². The molecule has 0 fully saturated rings. The zero-order valence-electron chi connectivity index (χ0n) is 11.5. The number of rotatable bonds is 4. The minimum Gasteiger partial charge on any atom is -0.348 e. The number of benzene rings is 2. The normalized spacial score (nSPS) is 10.0. The maximum atomic E-state index is 12.8. The fraction of sp³-hybridized carbons (Fsp3) is 0.125. The van der Waals surface area contributed by atoms with E-state index in [1.165, 1.54) is 19.1 Å². The number of nitrogens with one attached hydrogen (secondary N) is 2. The lowest BCUT2D eigenvalue weighted by molar-refractivity contribution is -0.114. The molecule has 0 heterocycles. The molecule has 0 aliphatic carbocycles. The molecule has 0 unspecified atom stereocenters. The van der Waals surface area contributed by atoms with E-state index < -0.39 is 0 Å². The molecule has 2 aromatic rings. The third kappa shape index (κ3) is 4.42. The summed E-state index contributed by atoms with van der Waals surface area (Å²) < 4.78 is 12.8. The van der Waals surface area contributed by atoms with Crippen LogP contribution in [0.4, 0.5) is 10.1 Å². The molecule has 4 nitrogen and oxygen atoms in total.